The summed E-state index contributed by atoms with van der Waals surface area (Å²) in [5.74, 6) is 0. The summed E-state index contributed by atoms with van der Waals surface area (Å²) in [6, 6.07) is 4.27. The molecule has 0 fully saturated rings. The summed E-state index contributed by atoms with van der Waals surface area (Å²) in [5, 5.41) is 3.47. The lowest BCUT2D eigenvalue weighted by molar-refractivity contribution is 0.553. The van der Waals surface area contributed by atoms with Gasteiger partial charge in [-0.05, 0) is 17.7 Å². The van der Waals surface area contributed by atoms with Crippen LogP contribution in [0.1, 0.15) is 23.0 Å². The Balaban J connectivity index is 2.03. The second kappa shape index (κ2) is 3.47. The molecule has 2 N–H and O–H groups in total. The van der Waals surface area contributed by atoms with Crippen LogP contribution in [-0.2, 0) is 6.42 Å². The molecule has 0 saturated heterocycles. The van der Waals surface area contributed by atoms with E-state index in [4.69, 9.17) is 0 Å². The van der Waals surface area contributed by atoms with E-state index in [2.05, 4.69) is 20.3 Å². The van der Waals surface area contributed by atoms with Crippen LogP contribution in [0.3, 0.4) is 0 Å². The highest BCUT2D eigenvalue weighted by molar-refractivity contribution is 5.30. The minimum Gasteiger partial charge on any atom is -0.348 e. The SMILES string of the molecule is c1cc(C2NCCc3[nH]cnc32)ccn1. The van der Waals surface area contributed by atoms with Crippen LogP contribution in [-0.4, -0.2) is 21.5 Å². The topological polar surface area (TPSA) is 53.6 Å². The molecule has 4 heteroatoms. The summed E-state index contributed by atoms with van der Waals surface area (Å²) < 4.78 is 0. The first-order chi connectivity index (χ1) is 7.45. The van der Waals surface area contributed by atoms with Gasteiger partial charge in [-0.15, -0.1) is 0 Å². The molecule has 0 radical (unpaired) electrons. The quantitative estimate of drug-likeness (QED) is 0.723. The minimum absolute atomic E-state index is 0.211. The summed E-state index contributed by atoms with van der Waals surface area (Å²) in [7, 11) is 0. The van der Waals surface area contributed by atoms with Gasteiger partial charge in [0.15, 0.2) is 0 Å². The Morgan fingerprint density at radius 2 is 2.13 bits per heavy atom. The number of rotatable bonds is 1. The maximum Gasteiger partial charge on any atom is 0.0926 e. The lowest BCUT2D eigenvalue weighted by Crippen LogP contribution is -2.30. The molecule has 3 heterocycles. The van der Waals surface area contributed by atoms with E-state index in [-0.39, 0.29) is 6.04 Å². The average Bonchev–Trinajstić information content (AvgIpc) is 2.78. The van der Waals surface area contributed by atoms with E-state index in [1.807, 2.05) is 24.5 Å². The van der Waals surface area contributed by atoms with Crippen LogP contribution in [0.25, 0.3) is 0 Å². The van der Waals surface area contributed by atoms with Crippen molar-refractivity contribution in [2.75, 3.05) is 6.54 Å². The first-order valence-electron chi connectivity index (χ1n) is 5.10. The van der Waals surface area contributed by atoms with E-state index >= 15 is 0 Å². The number of nitrogens with one attached hydrogen (secondary N) is 2. The van der Waals surface area contributed by atoms with Gasteiger partial charge in [-0.2, -0.15) is 0 Å². The molecular formula is C11H12N4. The molecule has 1 aliphatic rings. The zero-order chi connectivity index (χ0) is 10.1. The fourth-order valence-electron chi connectivity index (χ4n) is 2.05. The van der Waals surface area contributed by atoms with E-state index in [1.165, 1.54) is 11.3 Å². The van der Waals surface area contributed by atoms with Crippen LogP contribution in [0, 0.1) is 0 Å². The Morgan fingerprint density at radius 1 is 1.27 bits per heavy atom. The second-order valence-electron chi connectivity index (χ2n) is 3.68. The highest BCUT2D eigenvalue weighted by Crippen LogP contribution is 2.25. The van der Waals surface area contributed by atoms with Gasteiger partial charge in [-0.25, -0.2) is 4.98 Å². The van der Waals surface area contributed by atoms with Gasteiger partial charge in [0.25, 0.3) is 0 Å². The molecule has 0 amide bonds. The molecule has 0 spiro atoms. The molecule has 1 aliphatic heterocycles. The molecule has 0 saturated carbocycles. The third kappa shape index (κ3) is 1.43. The van der Waals surface area contributed by atoms with Crippen LogP contribution in [0.4, 0.5) is 0 Å². The maximum absolute atomic E-state index is 4.38. The Hall–Kier alpha value is -1.68. The van der Waals surface area contributed by atoms with E-state index in [9.17, 15) is 0 Å². The van der Waals surface area contributed by atoms with Crippen molar-refractivity contribution in [1.29, 1.82) is 0 Å². The van der Waals surface area contributed by atoms with Gasteiger partial charge in [0, 0.05) is 31.1 Å². The predicted molar refractivity (Wildman–Crippen MR) is 56.4 cm³/mol. The van der Waals surface area contributed by atoms with Crippen LogP contribution < -0.4 is 5.32 Å². The van der Waals surface area contributed by atoms with Gasteiger partial charge in [-0.1, -0.05) is 0 Å². The molecule has 0 aromatic carbocycles. The molecule has 4 nitrogen and oxygen atoms in total. The summed E-state index contributed by atoms with van der Waals surface area (Å²) in [4.78, 5) is 11.6. The van der Waals surface area contributed by atoms with Crippen molar-refractivity contribution in [3.8, 4) is 0 Å². The maximum atomic E-state index is 4.38. The van der Waals surface area contributed by atoms with Crippen LogP contribution in [0.15, 0.2) is 30.9 Å². The second-order valence-corrected chi connectivity index (χ2v) is 3.68. The van der Waals surface area contributed by atoms with Crippen molar-refractivity contribution < 1.29 is 0 Å². The zero-order valence-corrected chi connectivity index (χ0v) is 8.27. The van der Waals surface area contributed by atoms with Crippen LogP contribution >= 0.6 is 0 Å². The number of aromatic amines is 1. The number of hydrogen-bond acceptors (Lipinski definition) is 3. The normalized spacial score (nSPS) is 19.9. The molecule has 2 aromatic heterocycles. The largest absolute Gasteiger partial charge is 0.348 e. The van der Waals surface area contributed by atoms with Gasteiger partial charge in [0.05, 0.1) is 18.1 Å². The molecular weight excluding hydrogens is 188 g/mol. The Morgan fingerprint density at radius 3 is 3.00 bits per heavy atom. The van der Waals surface area contributed by atoms with Crippen molar-refractivity contribution >= 4 is 0 Å². The number of nitrogens with zero attached hydrogens (tertiary/aromatic N) is 2. The zero-order valence-electron chi connectivity index (χ0n) is 8.27. The van der Waals surface area contributed by atoms with E-state index in [0.717, 1.165) is 18.7 Å². The highest BCUT2D eigenvalue weighted by Gasteiger charge is 2.23. The minimum atomic E-state index is 0.211. The number of imidazole rings is 1. The van der Waals surface area contributed by atoms with Gasteiger partial charge < -0.3 is 10.3 Å². The number of fused-ring (bicyclic) bond motifs is 1. The third-order valence-electron chi connectivity index (χ3n) is 2.79. The lowest BCUT2D eigenvalue weighted by atomic mass is 9.99. The van der Waals surface area contributed by atoms with Crippen molar-refractivity contribution in [2.24, 2.45) is 0 Å². The van der Waals surface area contributed by atoms with Crippen molar-refractivity contribution in [1.82, 2.24) is 20.3 Å². The van der Waals surface area contributed by atoms with Crippen LogP contribution in [0.2, 0.25) is 0 Å². The molecule has 2 aromatic rings. The summed E-state index contributed by atoms with van der Waals surface area (Å²) in [6.07, 6.45) is 6.43. The van der Waals surface area contributed by atoms with E-state index in [0.29, 0.717) is 0 Å². The number of pyridine rings is 1. The predicted octanol–water partition coefficient (Wildman–Crippen LogP) is 1.04. The first kappa shape index (κ1) is 8.61. The van der Waals surface area contributed by atoms with E-state index < -0.39 is 0 Å². The molecule has 1 atom stereocenters. The Kier molecular flexibility index (Phi) is 1.99. The van der Waals surface area contributed by atoms with Crippen molar-refractivity contribution in [2.45, 2.75) is 12.5 Å². The van der Waals surface area contributed by atoms with Crippen molar-refractivity contribution in [3.63, 3.8) is 0 Å². The van der Waals surface area contributed by atoms with Crippen LogP contribution in [0.5, 0.6) is 0 Å². The molecule has 15 heavy (non-hydrogen) atoms. The van der Waals surface area contributed by atoms with Gasteiger partial charge in [-0.3, -0.25) is 4.98 Å². The van der Waals surface area contributed by atoms with E-state index in [1.54, 1.807) is 6.33 Å². The fourth-order valence-corrected chi connectivity index (χ4v) is 2.05. The molecule has 1 unspecified atom stereocenters. The van der Waals surface area contributed by atoms with Gasteiger partial charge >= 0.3 is 0 Å². The Labute approximate surface area is 87.8 Å². The summed E-state index contributed by atoms with van der Waals surface area (Å²) >= 11 is 0. The standard InChI is InChI=1S/C11H12N4/c1-4-12-5-2-8(1)10-11-9(3-6-13-10)14-7-15-11/h1-2,4-5,7,10,13H,3,6H2,(H,14,15). The number of H-pyrrole nitrogens is 1. The summed E-state index contributed by atoms with van der Waals surface area (Å²) in [5.41, 5.74) is 3.58. The molecule has 0 bridgehead atoms. The van der Waals surface area contributed by atoms with Gasteiger partial charge in [0.2, 0.25) is 0 Å². The van der Waals surface area contributed by atoms with Gasteiger partial charge in [0.1, 0.15) is 0 Å². The third-order valence-corrected chi connectivity index (χ3v) is 2.79. The molecule has 0 aliphatic carbocycles. The number of aromatic nitrogens is 3. The fraction of sp³-hybridized carbons (Fsp3) is 0.273. The molecule has 76 valence electrons. The highest BCUT2D eigenvalue weighted by atomic mass is 15.0. The monoisotopic (exact) mass is 200 g/mol. The number of hydrogen-bond donors (Lipinski definition) is 2. The smallest absolute Gasteiger partial charge is 0.0926 e. The lowest BCUT2D eigenvalue weighted by Gasteiger charge is -2.23. The van der Waals surface area contributed by atoms with Crippen molar-refractivity contribution in [3.05, 3.63) is 47.8 Å². The summed E-state index contributed by atoms with van der Waals surface area (Å²) in [6.45, 7) is 0.988. The first-order valence-corrected chi connectivity index (χ1v) is 5.10. The Bertz CT molecular complexity index is 449. The average molecular weight is 200 g/mol. The molecule has 3 rings (SSSR count).